The van der Waals surface area contributed by atoms with E-state index in [1.54, 1.807) is 12.3 Å². The maximum Gasteiger partial charge on any atom is 0.275 e. The first kappa shape index (κ1) is 12.8. The Labute approximate surface area is 109 Å². The van der Waals surface area contributed by atoms with Crippen LogP contribution in [0.4, 0.5) is 0 Å². The number of carbonyl (C=O) groups excluding carboxylic acids is 1. The monoisotopic (exact) mass is 265 g/mol. The Morgan fingerprint density at radius 2 is 2.28 bits per heavy atom. The summed E-state index contributed by atoms with van der Waals surface area (Å²) in [6.07, 6.45) is 1.66. The van der Waals surface area contributed by atoms with Gasteiger partial charge in [-0.15, -0.1) is 11.3 Å². The molecule has 0 fully saturated rings. The molecule has 2 aromatic rings. The molecule has 6 heteroatoms. The van der Waals surface area contributed by atoms with Gasteiger partial charge >= 0.3 is 0 Å². The molecule has 2 heterocycles. The molecule has 0 unspecified atom stereocenters. The maximum absolute atomic E-state index is 11.3. The van der Waals surface area contributed by atoms with E-state index in [2.05, 4.69) is 10.3 Å². The van der Waals surface area contributed by atoms with Gasteiger partial charge in [-0.2, -0.15) is 0 Å². The third kappa shape index (κ3) is 3.19. The summed E-state index contributed by atoms with van der Waals surface area (Å²) in [7, 11) is 2.00. The second-order valence-electron chi connectivity index (χ2n) is 3.99. The van der Waals surface area contributed by atoms with E-state index >= 15 is 0 Å². The Kier molecular flexibility index (Phi) is 4.14. The van der Waals surface area contributed by atoms with Crippen molar-refractivity contribution < 1.29 is 9.21 Å². The summed E-state index contributed by atoms with van der Waals surface area (Å²) < 4.78 is 5.28. The van der Waals surface area contributed by atoms with Gasteiger partial charge in [0.25, 0.3) is 5.91 Å². The number of nitrogens with two attached hydrogens (primary N) is 1. The molecule has 0 atom stereocenters. The van der Waals surface area contributed by atoms with Crippen LogP contribution in [0.3, 0.4) is 0 Å². The van der Waals surface area contributed by atoms with Gasteiger partial charge in [0, 0.05) is 11.4 Å². The van der Waals surface area contributed by atoms with Gasteiger partial charge in [-0.3, -0.25) is 15.1 Å². The number of amides is 1. The number of nitrogens with zero attached hydrogens (tertiary/aromatic N) is 1. The van der Waals surface area contributed by atoms with Gasteiger partial charge in [-0.25, -0.2) is 5.84 Å². The summed E-state index contributed by atoms with van der Waals surface area (Å²) in [5.74, 6) is 5.76. The van der Waals surface area contributed by atoms with Gasteiger partial charge in [-0.05, 0) is 31.3 Å². The van der Waals surface area contributed by atoms with Crippen LogP contribution in [0.15, 0.2) is 34.9 Å². The molecular weight excluding hydrogens is 250 g/mol. The standard InChI is InChI=1S/C12H15N3O2S/c1-15(7-9-3-2-6-17-9)8-10-4-5-11(18-10)12(16)14-13/h2-6H,7-8,13H2,1H3,(H,14,16). The molecule has 2 rings (SSSR count). The van der Waals surface area contributed by atoms with Gasteiger partial charge in [0.2, 0.25) is 0 Å². The molecular formula is C12H15N3O2S. The van der Waals surface area contributed by atoms with Crippen LogP contribution in [0, 0.1) is 0 Å². The predicted octanol–water partition coefficient (Wildman–Crippen LogP) is 1.58. The number of rotatable bonds is 5. The summed E-state index contributed by atoms with van der Waals surface area (Å²) in [5.41, 5.74) is 2.13. The SMILES string of the molecule is CN(Cc1ccco1)Cc1ccc(C(=O)NN)s1. The lowest BCUT2D eigenvalue weighted by Gasteiger charge is -2.13. The van der Waals surface area contributed by atoms with Gasteiger partial charge in [0.15, 0.2) is 0 Å². The zero-order chi connectivity index (χ0) is 13.0. The van der Waals surface area contributed by atoms with Gasteiger partial charge in [-0.1, -0.05) is 0 Å². The molecule has 0 aliphatic carbocycles. The second-order valence-corrected chi connectivity index (χ2v) is 5.16. The molecule has 18 heavy (non-hydrogen) atoms. The number of hydrogen-bond donors (Lipinski definition) is 2. The number of nitrogens with one attached hydrogen (secondary N) is 1. The van der Waals surface area contributed by atoms with E-state index in [1.165, 1.54) is 11.3 Å². The number of thiophene rings is 1. The van der Waals surface area contributed by atoms with Crippen molar-refractivity contribution in [2.45, 2.75) is 13.1 Å². The topological polar surface area (TPSA) is 71.5 Å². The van der Waals surface area contributed by atoms with E-state index in [0.29, 0.717) is 4.88 Å². The maximum atomic E-state index is 11.3. The lowest BCUT2D eigenvalue weighted by atomic mass is 10.3. The molecule has 0 spiro atoms. The molecule has 5 nitrogen and oxygen atoms in total. The normalized spacial score (nSPS) is 10.8. The number of hydrogen-bond acceptors (Lipinski definition) is 5. The number of hydrazine groups is 1. The summed E-state index contributed by atoms with van der Waals surface area (Å²) in [4.78, 5) is 15.2. The molecule has 96 valence electrons. The van der Waals surface area contributed by atoms with Crippen LogP contribution in [0.5, 0.6) is 0 Å². The van der Waals surface area contributed by atoms with E-state index in [1.807, 2.05) is 25.2 Å². The van der Waals surface area contributed by atoms with Gasteiger partial charge in [0.1, 0.15) is 5.76 Å². The van der Waals surface area contributed by atoms with E-state index in [9.17, 15) is 4.79 Å². The Bertz CT molecular complexity index is 507. The van der Waals surface area contributed by atoms with Crippen LogP contribution in [-0.4, -0.2) is 17.9 Å². The molecule has 1 amide bonds. The highest BCUT2D eigenvalue weighted by Crippen LogP contribution is 2.18. The van der Waals surface area contributed by atoms with Crippen LogP contribution in [0.2, 0.25) is 0 Å². The average molecular weight is 265 g/mol. The number of nitrogen functional groups attached to an aromatic ring is 1. The van der Waals surface area contributed by atoms with Crippen molar-refractivity contribution in [2.75, 3.05) is 7.05 Å². The van der Waals surface area contributed by atoms with Gasteiger partial charge < -0.3 is 4.42 Å². The zero-order valence-corrected chi connectivity index (χ0v) is 10.9. The van der Waals surface area contributed by atoms with E-state index in [4.69, 9.17) is 10.3 Å². The van der Waals surface area contributed by atoms with Crippen molar-refractivity contribution in [1.29, 1.82) is 0 Å². The largest absolute Gasteiger partial charge is 0.468 e. The van der Waals surface area contributed by atoms with Gasteiger partial charge in [0.05, 0.1) is 17.7 Å². The first-order valence-electron chi connectivity index (χ1n) is 5.49. The third-order valence-electron chi connectivity index (χ3n) is 2.45. The first-order chi connectivity index (χ1) is 8.69. The van der Waals surface area contributed by atoms with Crippen molar-refractivity contribution in [2.24, 2.45) is 5.84 Å². The van der Waals surface area contributed by atoms with Crippen molar-refractivity contribution >= 4 is 17.2 Å². The molecule has 2 aromatic heterocycles. The van der Waals surface area contributed by atoms with Crippen LogP contribution in [-0.2, 0) is 13.1 Å². The molecule has 0 aliphatic rings. The Hall–Kier alpha value is -1.63. The molecule has 3 N–H and O–H groups in total. The van der Waals surface area contributed by atoms with Crippen LogP contribution >= 0.6 is 11.3 Å². The fraction of sp³-hybridized carbons (Fsp3) is 0.250. The van der Waals surface area contributed by atoms with Crippen molar-refractivity contribution in [1.82, 2.24) is 10.3 Å². The highest BCUT2D eigenvalue weighted by molar-refractivity contribution is 7.14. The molecule has 0 aliphatic heterocycles. The lowest BCUT2D eigenvalue weighted by molar-refractivity contribution is 0.0957. The Morgan fingerprint density at radius 3 is 2.94 bits per heavy atom. The fourth-order valence-corrected chi connectivity index (χ4v) is 2.64. The van der Waals surface area contributed by atoms with Crippen LogP contribution in [0.1, 0.15) is 20.3 Å². The zero-order valence-electron chi connectivity index (χ0n) is 10.1. The van der Waals surface area contributed by atoms with Crippen molar-refractivity contribution in [3.8, 4) is 0 Å². The summed E-state index contributed by atoms with van der Waals surface area (Å²) in [6.45, 7) is 1.51. The summed E-state index contributed by atoms with van der Waals surface area (Å²) in [6, 6.07) is 7.53. The molecule has 0 aromatic carbocycles. The van der Waals surface area contributed by atoms with Crippen molar-refractivity contribution in [3.05, 3.63) is 46.0 Å². The predicted molar refractivity (Wildman–Crippen MR) is 69.9 cm³/mol. The highest BCUT2D eigenvalue weighted by atomic mass is 32.1. The van der Waals surface area contributed by atoms with Crippen LogP contribution in [0.25, 0.3) is 0 Å². The third-order valence-corrected chi connectivity index (χ3v) is 3.52. The smallest absolute Gasteiger partial charge is 0.275 e. The average Bonchev–Trinajstić information content (AvgIpc) is 2.99. The summed E-state index contributed by atoms with van der Waals surface area (Å²) >= 11 is 1.44. The second kappa shape index (κ2) is 5.81. The van der Waals surface area contributed by atoms with E-state index < -0.39 is 0 Å². The molecule has 0 bridgehead atoms. The summed E-state index contributed by atoms with van der Waals surface area (Å²) in [5, 5.41) is 0. The fourth-order valence-electron chi connectivity index (χ4n) is 1.65. The highest BCUT2D eigenvalue weighted by Gasteiger charge is 2.09. The van der Waals surface area contributed by atoms with Crippen LogP contribution < -0.4 is 11.3 Å². The Morgan fingerprint density at radius 1 is 1.44 bits per heavy atom. The lowest BCUT2D eigenvalue weighted by Crippen LogP contribution is -2.29. The number of furan rings is 1. The van der Waals surface area contributed by atoms with E-state index in [0.717, 1.165) is 23.7 Å². The Balaban J connectivity index is 1.92. The molecule has 0 radical (unpaired) electrons. The number of carbonyl (C=O) groups is 1. The molecule has 0 saturated carbocycles. The minimum Gasteiger partial charge on any atom is -0.468 e. The minimum atomic E-state index is -0.250. The van der Waals surface area contributed by atoms with Crippen molar-refractivity contribution in [3.63, 3.8) is 0 Å². The van der Waals surface area contributed by atoms with E-state index in [-0.39, 0.29) is 5.91 Å². The molecule has 0 saturated heterocycles. The first-order valence-corrected chi connectivity index (χ1v) is 6.31. The quantitative estimate of drug-likeness (QED) is 0.489. The minimum absolute atomic E-state index is 0.250.